The highest BCUT2D eigenvalue weighted by molar-refractivity contribution is 6.04. The van der Waals surface area contributed by atoms with Crippen molar-refractivity contribution >= 4 is 11.5 Å². The Morgan fingerprint density at radius 1 is 1.37 bits per heavy atom. The minimum Gasteiger partial charge on any atom is -0.394 e. The van der Waals surface area contributed by atoms with Crippen molar-refractivity contribution < 1.29 is 4.79 Å². The summed E-state index contributed by atoms with van der Waals surface area (Å²) in [5.41, 5.74) is 6.57. The number of hydrogen-bond donors (Lipinski definition) is 1. The largest absolute Gasteiger partial charge is 0.394 e. The van der Waals surface area contributed by atoms with Crippen molar-refractivity contribution in [2.75, 3.05) is 5.73 Å². The Labute approximate surface area is 109 Å². The second-order valence-electron chi connectivity index (χ2n) is 4.05. The predicted octanol–water partition coefficient (Wildman–Crippen LogP) is 1.11. The number of nitrogens with zero attached hydrogens (tertiary/aromatic N) is 3. The molecule has 0 unspecified atom stereocenters. The Hall–Kier alpha value is -2.50. The van der Waals surface area contributed by atoms with Gasteiger partial charge in [0.1, 0.15) is 11.4 Å². The van der Waals surface area contributed by atoms with Crippen LogP contribution < -0.4 is 11.3 Å². The molecule has 0 saturated heterocycles. The predicted molar refractivity (Wildman–Crippen MR) is 71.8 cm³/mol. The van der Waals surface area contributed by atoms with Crippen LogP contribution in [0.4, 0.5) is 5.69 Å². The average molecular weight is 258 g/mol. The molecule has 0 bridgehead atoms. The molecule has 2 N–H and O–H groups in total. The third-order valence-corrected chi connectivity index (χ3v) is 2.80. The fourth-order valence-corrected chi connectivity index (χ4v) is 1.87. The average Bonchev–Trinajstić information content (AvgIpc) is 2.42. The van der Waals surface area contributed by atoms with Crippen LogP contribution in [0.3, 0.4) is 0 Å². The SMILES string of the molecule is CCn1nc(-c2ccncc2)c(C(C)=O)c(N)c1=O. The molecule has 0 amide bonds. The number of nitrogens with two attached hydrogens (primary N) is 1. The van der Waals surface area contributed by atoms with Gasteiger partial charge < -0.3 is 5.73 Å². The maximum atomic E-state index is 11.9. The van der Waals surface area contributed by atoms with E-state index in [2.05, 4.69) is 10.1 Å². The lowest BCUT2D eigenvalue weighted by Gasteiger charge is -2.11. The van der Waals surface area contributed by atoms with Crippen molar-refractivity contribution in [1.82, 2.24) is 14.8 Å². The summed E-state index contributed by atoms with van der Waals surface area (Å²) in [6, 6.07) is 3.44. The molecule has 0 aromatic carbocycles. The minimum absolute atomic E-state index is 0.0591. The topological polar surface area (TPSA) is 90.9 Å². The quantitative estimate of drug-likeness (QED) is 0.833. The second-order valence-corrected chi connectivity index (χ2v) is 4.05. The third kappa shape index (κ3) is 2.24. The number of aryl methyl sites for hydroxylation is 1. The van der Waals surface area contributed by atoms with Gasteiger partial charge in [-0.2, -0.15) is 5.10 Å². The molecule has 6 heteroatoms. The van der Waals surface area contributed by atoms with Crippen molar-refractivity contribution in [3.05, 3.63) is 40.4 Å². The highest BCUT2D eigenvalue weighted by Gasteiger charge is 2.19. The van der Waals surface area contributed by atoms with E-state index < -0.39 is 5.56 Å². The lowest BCUT2D eigenvalue weighted by atomic mass is 10.0. The van der Waals surface area contributed by atoms with Crippen LogP contribution in [0.1, 0.15) is 24.2 Å². The van der Waals surface area contributed by atoms with Crippen LogP contribution >= 0.6 is 0 Å². The van der Waals surface area contributed by atoms with Crippen molar-refractivity contribution in [3.63, 3.8) is 0 Å². The molecule has 2 aromatic heterocycles. The molecule has 0 saturated carbocycles. The fourth-order valence-electron chi connectivity index (χ4n) is 1.87. The third-order valence-electron chi connectivity index (χ3n) is 2.80. The Bertz CT molecular complexity index is 677. The monoisotopic (exact) mass is 258 g/mol. The zero-order chi connectivity index (χ0) is 14.0. The number of Topliss-reactive ketones (excluding diaryl/α,β-unsaturated/α-hetero) is 1. The number of carbonyl (C=O) groups is 1. The lowest BCUT2D eigenvalue weighted by molar-refractivity contribution is 0.101. The van der Waals surface area contributed by atoms with Gasteiger partial charge in [0, 0.05) is 24.5 Å². The van der Waals surface area contributed by atoms with E-state index in [9.17, 15) is 9.59 Å². The van der Waals surface area contributed by atoms with E-state index in [4.69, 9.17) is 5.73 Å². The normalized spacial score (nSPS) is 10.4. The van der Waals surface area contributed by atoms with Gasteiger partial charge in [-0.05, 0) is 26.0 Å². The van der Waals surface area contributed by atoms with E-state index in [0.29, 0.717) is 17.8 Å². The van der Waals surface area contributed by atoms with Crippen molar-refractivity contribution in [1.29, 1.82) is 0 Å². The highest BCUT2D eigenvalue weighted by Crippen LogP contribution is 2.23. The van der Waals surface area contributed by atoms with Crippen molar-refractivity contribution in [2.24, 2.45) is 0 Å². The molecule has 2 aromatic rings. The van der Waals surface area contributed by atoms with Gasteiger partial charge in [-0.3, -0.25) is 14.6 Å². The summed E-state index contributed by atoms with van der Waals surface area (Å²) in [6.45, 7) is 3.55. The van der Waals surface area contributed by atoms with Gasteiger partial charge >= 0.3 is 0 Å². The Kier molecular flexibility index (Phi) is 3.41. The zero-order valence-corrected chi connectivity index (χ0v) is 10.8. The van der Waals surface area contributed by atoms with Gasteiger partial charge in [0.15, 0.2) is 5.78 Å². The number of rotatable bonds is 3. The van der Waals surface area contributed by atoms with E-state index in [1.165, 1.54) is 11.6 Å². The smallest absolute Gasteiger partial charge is 0.290 e. The second kappa shape index (κ2) is 5.01. The molecule has 6 nitrogen and oxygen atoms in total. The number of aromatic nitrogens is 3. The van der Waals surface area contributed by atoms with E-state index in [1.54, 1.807) is 31.5 Å². The van der Waals surface area contributed by atoms with Crippen molar-refractivity contribution in [3.8, 4) is 11.3 Å². The standard InChI is InChI=1S/C13H14N4O2/c1-3-17-13(19)11(14)10(8(2)18)12(16-17)9-4-6-15-7-5-9/h4-7H,3,14H2,1-2H3. The molecule has 0 aliphatic carbocycles. The Morgan fingerprint density at radius 2 is 2.00 bits per heavy atom. The summed E-state index contributed by atoms with van der Waals surface area (Å²) in [6.07, 6.45) is 3.19. The summed E-state index contributed by atoms with van der Waals surface area (Å²) in [5.74, 6) is -0.280. The zero-order valence-electron chi connectivity index (χ0n) is 10.8. The molecule has 98 valence electrons. The summed E-state index contributed by atoms with van der Waals surface area (Å²) in [5, 5.41) is 4.22. The Morgan fingerprint density at radius 3 is 2.53 bits per heavy atom. The molecule has 0 aliphatic heterocycles. The van der Waals surface area contributed by atoms with Crippen LogP contribution in [0.5, 0.6) is 0 Å². The van der Waals surface area contributed by atoms with E-state index in [-0.39, 0.29) is 17.0 Å². The number of anilines is 1. The van der Waals surface area contributed by atoms with Crippen LogP contribution in [0.2, 0.25) is 0 Å². The number of hydrogen-bond acceptors (Lipinski definition) is 5. The molecule has 0 atom stereocenters. The van der Waals surface area contributed by atoms with Crippen molar-refractivity contribution in [2.45, 2.75) is 20.4 Å². The van der Waals surface area contributed by atoms with Gasteiger partial charge in [-0.15, -0.1) is 0 Å². The van der Waals surface area contributed by atoms with Crippen LogP contribution in [0.25, 0.3) is 11.3 Å². The Balaban J connectivity index is 2.82. The summed E-state index contributed by atoms with van der Waals surface area (Å²) >= 11 is 0. The number of ketones is 1. The summed E-state index contributed by atoms with van der Waals surface area (Å²) in [4.78, 5) is 27.6. The molecule has 0 aliphatic rings. The van der Waals surface area contributed by atoms with Crippen LogP contribution in [0.15, 0.2) is 29.3 Å². The van der Waals surface area contributed by atoms with Crippen LogP contribution in [-0.4, -0.2) is 20.5 Å². The maximum Gasteiger partial charge on any atom is 0.290 e. The minimum atomic E-state index is -0.439. The number of pyridine rings is 1. The van der Waals surface area contributed by atoms with Gasteiger partial charge in [-0.1, -0.05) is 0 Å². The first-order valence-corrected chi connectivity index (χ1v) is 5.88. The molecule has 0 radical (unpaired) electrons. The molecule has 19 heavy (non-hydrogen) atoms. The van der Waals surface area contributed by atoms with E-state index >= 15 is 0 Å². The van der Waals surface area contributed by atoms with Gasteiger partial charge in [0.25, 0.3) is 5.56 Å². The molecular weight excluding hydrogens is 244 g/mol. The molecule has 0 fully saturated rings. The first-order chi connectivity index (χ1) is 9.06. The number of nitrogen functional groups attached to an aromatic ring is 1. The van der Waals surface area contributed by atoms with E-state index in [0.717, 1.165) is 0 Å². The van der Waals surface area contributed by atoms with Crippen LogP contribution in [0, 0.1) is 0 Å². The summed E-state index contributed by atoms with van der Waals surface area (Å²) in [7, 11) is 0. The fraction of sp³-hybridized carbons (Fsp3) is 0.231. The lowest BCUT2D eigenvalue weighted by Crippen LogP contribution is -2.28. The molecular formula is C13H14N4O2. The van der Waals surface area contributed by atoms with Gasteiger partial charge in [0.2, 0.25) is 0 Å². The van der Waals surface area contributed by atoms with Gasteiger partial charge in [-0.25, -0.2) is 4.68 Å². The van der Waals surface area contributed by atoms with E-state index in [1.807, 2.05) is 0 Å². The number of carbonyl (C=O) groups excluding carboxylic acids is 1. The summed E-state index contributed by atoms with van der Waals surface area (Å²) < 4.78 is 1.25. The molecule has 0 spiro atoms. The first-order valence-electron chi connectivity index (χ1n) is 5.88. The van der Waals surface area contributed by atoms with Crippen LogP contribution in [-0.2, 0) is 6.54 Å². The highest BCUT2D eigenvalue weighted by atomic mass is 16.1. The molecule has 2 rings (SSSR count). The van der Waals surface area contributed by atoms with Gasteiger partial charge in [0.05, 0.1) is 5.56 Å². The molecule has 2 heterocycles. The maximum absolute atomic E-state index is 11.9. The first kappa shape index (κ1) is 12.9.